The number of imidazole rings is 1. The average Bonchev–Trinajstić information content (AvgIpc) is 2.76. The summed E-state index contributed by atoms with van der Waals surface area (Å²) in [6.45, 7) is 3.17. The minimum absolute atomic E-state index is 0.985. The summed E-state index contributed by atoms with van der Waals surface area (Å²) in [5.74, 6) is 0. The molecule has 0 amide bonds. The van der Waals surface area contributed by atoms with Crippen molar-refractivity contribution >= 4 is 11.0 Å². The van der Waals surface area contributed by atoms with E-state index in [1.807, 2.05) is 7.05 Å². The summed E-state index contributed by atoms with van der Waals surface area (Å²) in [5.41, 5.74) is 3.48. The van der Waals surface area contributed by atoms with Gasteiger partial charge < -0.3 is 15.2 Å². The summed E-state index contributed by atoms with van der Waals surface area (Å²) in [6.07, 6.45) is 2.92. The van der Waals surface area contributed by atoms with E-state index in [-0.39, 0.29) is 0 Å². The van der Waals surface area contributed by atoms with Crippen LogP contribution >= 0.6 is 0 Å². The first kappa shape index (κ1) is 12.1. The third kappa shape index (κ3) is 3.28. The molecule has 0 aliphatic carbocycles. The molecular weight excluding hydrogens is 212 g/mol. The Morgan fingerprint density at radius 1 is 1.41 bits per heavy atom. The molecule has 2 rings (SSSR count). The molecule has 0 saturated carbocycles. The maximum atomic E-state index is 4.22. The van der Waals surface area contributed by atoms with Crippen molar-refractivity contribution in [1.82, 2.24) is 20.2 Å². The maximum absolute atomic E-state index is 4.22. The number of benzene rings is 1. The van der Waals surface area contributed by atoms with Gasteiger partial charge >= 0.3 is 0 Å². The summed E-state index contributed by atoms with van der Waals surface area (Å²) in [4.78, 5) is 9.71. The SMILES string of the molecule is CNCCCN(C)Cc1ccc2nc[nH]c2c1. The third-order valence-electron chi connectivity index (χ3n) is 2.90. The molecule has 1 aromatic carbocycles. The van der Waals surface area contributed by atoms with Crippen LogP contribution < -0.4 is 5.32 Å². The van der Waals surface area contributed by atoms with Gasteiger partial charge in [0.2, 0.25) is 0 Å². The number of aromatic amines is 1. The topological polar surface area (TPSA) is 44.0 Å². The van der Waals surface area contributed by atoms with Gasteiger partial charge in [-0.2, -0.15) is 0 Å². The summed E-state index contributed by atoms with van der Waals surface area (Å²) in [5, 5.41) is 3.17. The number of aromatic nitrogens is 2. The lowest BCUT2D eigenvalue weighted by atomic mass is 10.2. The summed E-state index contributed by atoms with van der Waals surface area (Å²) in [7, 11) is 4.15. The van der Waals surface area contributed by atoms with Crippen LogP contribution in [-0.2, 0) is 6.54 Å². The number of fused-ring (bicyclic) bond motifs is 1. The molecule has 0 atom stereocenters. The molecule has 2 N–H and O–H groups in total. The van der Waals surface area contributed by atoms with Crippen LogP contribution in [0.3, 0.4) is 0 Å². The second kappa shape index (κ2) is 5.80. The highest BCUT2D eigenvalue weighted by Crippen LogP contribution is 2.12. The van der Waals surface area contributed by atoms with Crippen molar-refractivity contribution in [3.05, 3.63) is 30.1 Å². The Bertz CT molecular complexity index is 463. The van der Waals surface area contributed by atoms with Crippen molar-refractivity contribution in [2.45, 2.75) is 13.0 Å². The molecule has 4 nitrogen and oxygen atoms in total. The first-order valence-corrected chi connectivity index (χ1v) is 6.05. The van der Waals surface area contributed by atoms with Crippen LogP contribution in [0.15, 0.2) is 24.5 Å². The molecular formula is C13H20N4. The normalized spacial score (nSPS) is 11.5. The molecule has 92 valence electrons. The highest BCUT2D eigenvalue weighted by atomic mass is 15.1. The van der Waals surface area contributed by atoms with Gasteiger partial charge in [0.05, 0.1) is 17.4 Å². The molecule has 17 heavy (non-hydrogen) atoms. The van der Waals surface area contributed by atoms with E-state index in [4.69, 9.17) is 0 Å². The van der Waals surface area contributed by atoms with Gasteiger partial charge in [-0.05, 0) is 51.3 Å². The summed E-state index contributed by atoms with van der Waals surface area (Å²) in [6, 6.07) is 6.40. The Balaban J connectivity index is 1.93. The zero-order valence-electron chi connectivity index (χ0n) is 10.5. The van der Waals surface area contributed by atoms with Crippen molar-refractivity contribution in [1.29, 1.82) is 0 Å². The number of nitrogens with zero attached hydrogens (tertiary/aromatic N) is 2. The number of rotatable bonds is 6. The van der Waals surface area contributed by atoms with Gasteiger partial charge in [-0.25, -0.2) is 4.98 Å². The first-order chi connectivity index (χ1) is 8.29. The van der Waals surface area contributed by atoms with Crippen LogP contribution in [0.1, 0.15) is 12.0 Å². The van der Waals surface area contributed by atoms with E-state index < -0.39 is 0 Å². The predicted molar refractivity (Wildman–Crippen MR) is 71.0 cm³/mol. The van der Waals surface area contributed by atoms with Crippen LogP contribution in [0.2, 0.25) is 0 Å². The highest BCUT2D eigenvalue weighted by Gasteiger charge is 2.02. The largest absolute Gasteiger partial charge is 0.345 e. The van der Waals surface area contributed by atoms with Gasteiger partial charge in [-0.1, -0.05) is 6.07 Å². The molecule has 0 fully saturated rings. The quantitative estimate of drug-likeness (QED) is 0.744. The molecule has 0 aliphatic heterocycles. The predicted octanol–water partition coefficient (Wildman–Crippen LogP) is 1.60. The fraction of sp³-hybridized carbons (Fsp3) is 0.462. The molecule has 1 aromatic heterocycles. The van der Waals surface area contributed by atoms with Crippen LogP contribution in [0.5, 0.6) is 0 Å². The Hall–Kier alpha value is -1.39. The van der Waals surface area contributed by atoms with Crippen molar-refractivity contribution in [2.75, 3.05) is 27.2 Å². The third-order valence-corrected chi connectivity index (χ3v) is 2.90. The first-order valence-electron chi connectivity index (χ1n) is 6.05. The van der Waals surface area contributed by atoms with E-state index in [0.29, 0.717) is 0 Å². The molecule has 0 saturated heterocycles. The number of H-pyrrole nitrogens is 1. The van der Waals surface area contributed by atoms with E-state index in [0.717, 1.165) is 30.7 Å². The number of nitrogens with one attached hydrogen (secondary N) is 2. The zero-order valence-corrected chi connectivity index (χ0v) is 10.5. The summed E-state index contributed by atoms with van der Waals surface area (Å²) >= 11 is 0. The average molecular weight is 232 g/mol. The lowest BCUT2D eigenvalue weighted by molar-refractivity contribution is 0.321. The van der Waals surface area contributed by atoms with Crippen molar-refractivity contribution in [3.63, 3.8) is 0 Å². The van der Waals surface area contributed by atoms with E-state index in [9.17, 15) is 0 Å². The molecule has 1 heterocycles. The van der Waals surface area contributed by atoms with Gasteiger partial charge in [0, 0.05) is 6.54 Å². The standard InChI is InChI=1S/C13H20N4/c1-14-6-3-7-17(2)9-11-4-5-12-13(8-11)16-10-15-12/h4-5,8,10,14H,3,6-7,9H2,1-2H3,(H,15,16). The molecule has 2 aromatic rings. The van der Waals surface area contributed by atoms with Gasteiger partial charge in [0.1, 0.15) is 0 Å². The Morgan fingerprint density at radius 3 is 3.12 bits per heavy atom. The van der Waals surface area contributed by atoms with Crippen LogP contribution in [0, 0.1) is 0 Å². The second-order valence-corrected chi connectivity index (χ2v) is 4.45. The molecule has 4 heteroatoms. The smallest absolute Gasteiger partial charge is 0.0931 e. The van der Waals surface area contributed by atoms with E-state index >= 15 is 0 Å². The molecule has 0 aliphatic rings. The van der Waals surface area contributed by atoms with E-state index in [1.165, 1.54) is 12.0 Å². The van der Waals surface area contributed by atoms with Crippen molar-refractivity contribution < 1.29 is 0 Å². The van der Waals surface area contributed by atoms with Gasteiger partial charge in [-0.3, -0.25) is 0 Å². The fourth-order valence-corrected chi connectivity index (χ4v) is 2.00. The van der Waals surface area contributed by atoms with Crippen LogP contribution in [0.4, 0.5) is 0 Å². The van der Waals surface area contributed by atoms with Crippen molar-refractivity contribution in [3.8, 4) is 0 Å². The molecule has 0 unspecified atom stereocenters. The second-order valence-electron chi connectivity index (χ2n) is 4.45. The van der Waals surface area contributed by atoms with Gasteiger partial charge in [-0.15, -0.1) is 0 Å². The van der Waals surface area contributed by atoms with Gasteiger partial charge in [0.15, 0.2) is 0 Å². The van der Waals surface area contributed by atoms with Gasteiger partial charge in [0.25, 0.3) is 0 Å². The Labute approximate surface area is 102 Å². The van der Waals surface area contributed by atoms with Crippen molar-refractivity contribution in [2.24, 2.45) is 0 Å². The minimum Gasteiger partial charge on any atom is -0.345 e. The van der Waals surface area contributed by atoms with Crippen LogP contribution in [0.25, 0.3) is 11.0 Å². The summed E-state index contributed by atoms with van der Waals surface area (Å²) < 4.78 is 0. The lowest BCUT2D eigenvalue weighted by Gasteiger charge is -2.16. The molecule has 0 bridgehead atoms. The Morgan fingerprint density at radius 2 is 2.29 bits per heavy atom. The number of hydrogen-bond acceptors (Lipinski definition) is 3. The number of hydrogen-bond donors (Lipinski definition) is 2. The van der Waals surface area contributed by atoms with E-state index in [1.54, 1.807) is 6.33 Å². The van der Waals surface area contributed by atoms with Crippen LogP contribution in [-0.4, -0.2) is 42.1 Å². The minimum atomic E-state index is 0.985. The molecule has 0 spiro atoms. The van der Waals surface area contributed by atoms with E-state index in [2.05, 4.69) is 45.4 Å². The Kier molecular flexibility index (Phi) is 4.12. The maximum Gasteiger partial charge on any atom is 0.0931 e. The monoisotopic (exact) mass is 232 g/mol. The zero-order chi connectivity index (χ0) is 12.1. The lowest BCUT2D eigenvalue weighted by Crippen LogP contribution is -2.22. The highest BCUT2D eigenvalue weighted by molar-refractivity contribution is 5.74. The fourth-order valence-electron chi connectivity index (χ4n) is 2.00. The molecule has 0 radical (unpaired) electrons.